The van der Waals surface area contributed by atoms with Crippen molar-refractivity contribution in [2.75, 3.05) is 0 Å². The van der Waals surface area contributed by atoms with Crippen molar-refractivity contribution in [1.29, 1.82) is 0 Å². The van der Waals surface area contributed by atoms with E-state index in [0.717, 1.165) is 33.2 Å². The van der Waals surface area contributed by atoms with Gasteiger partial charge in [-0.05, 0) is 34.7 Å². The highest BCUT2D eigenvalue weighted by molar-refractivity contribution is 5.97. The van der Waals surface area contributed by atoms with Crippen molar-refractivity contribution in [2.45, 2.75) is 0 Å². The highest BCUT2D eigenvalue weighted by Crippen LogP contribution is 2.27. The molecular weight excluding hydrogens is 218 g/mol. The van der Waals surface area contributed by atoms with Gasteiger partial charge in [0.25, 0.3) is 0 Å². The van der Waals surface area contributed by atoms with Gasteiger partial charge < -0.3 is 0 Å². The number of hydrogen-bond donors (Lipinski definition) is 0. The molecule has 0 unspecified atom stereocenters. The molecule has 0 fully saturated rings. The lowest BCUT2D eigenvalue weighted by atomic mass is 9.97. The van der Waals surface area contributed by atoms with Crippen LogP contribution in [-0.4, -0.2) is 4.98 Å². The molecule has 0 spiro atoms. The Morgan fingerprint density at radius 1 is 0.722 bits per heavy atom. The Labute approximate surface area is 107 Å². The topological polar surface area (TPSA) is 12.9 Å². The quantitative estimate of drug-likeness (QED) is 0.738. The van der Waals surface area contributed by atoms with Gasteiger partial charge in [0.05, 0.1) is 5.69 Å². The third-order valence-corrected chi connectivity index (χ3v) is 3.01. The first-order valence-electron chi connectivity index (χ1n) is 5.71. The van der Waals surface area contributed by atoms with Gasteiger partial charge in [-0.15, -0.1) is 0 Å². The maximum Gasteiger partial charge on any atom is 0.0702 e. The minimum atomic E-state index is 0.870. The van der Waals surface area contributed by atoms with Gasteiger partial charge in [-0.1, -0.05) is 44.5 Å². The Morgan fingerprint density at radius 3 is 1.78 bits per heavy atom. The first-order valence-corrected chi connectivity index (χ1v) is 5.71. The summed E-state index contributed by atoms with van der Waals surface area (Å²) in [6, 6.07) is 4.15. The predicted octanol–water partition coefficient (Wildman–Crippen LogP) is 4.81. The van der Waals surface area contributed by atoms with E-state index in [2.05, 4.69) is 43.4 Å². The van der Waals surface area contributed by atoms with Gasteiger partial charge in [0.2, 0.25) is 0 Å². The van der Waals surface area contributed by atoms with Crippen molar-refractivity contribution in [3.63, 3.8) is 0 Å². The fourth-order valence-corrected chi connectivity index (χ4v) is 2.04. The van der Waals surface area contributed by atoms with Gasteiger partial charge in [0, 0.05) is 17.1 Å². The molecule has 0 amide bonds. The van der Waals surface area contributed by atoms with Crippen molar-refractivity contribution < 1.29 is 0 Å². The van der Waals surface area contributed by atoms with Crippen LogP contribution in [0.15, 0.2) is 44.6 Å². The standard InChI is InChI=1S/C17H15N/c1-5-12-9-15-14(7-3)11-18-17(8-4)16(15)10-13(12)6-2/h5-11H,1-4H2. The van der Waals surface area contributed by atoms with E-state index < -0.39 is 0 Å². The zero-order valence-electron chi connectivity index (χ0n) is 10.3. The van der Waals surface area contributed by atoms with E-state index in [-0.39, 0.29) is 0 Å². The van der Waals surface area contributed by atoms with E-state index in [1.54, 1.807) is 6.08 Å². The Bertz CT molecular complexity index is 604. The lowest BCUT2D eigenvalue weighted by Gasteiger charge is -2.09. The number of rotatable bonds is 4. The van der Waals surface area contributed by atoms with Crippen molar-refractivity contribution in [3.8, 4) is 0 Å². The van der Waals surface area contributed by atoms with Crippen molar-refractivity contribution in [3.05, 3.63) is 67.0 Å². The lowest BCUT2D eigenvalue weighted by molar-refractivity contribution is 1.32. The molecule has 0 aliphatic rings. The monoisotopic (exact) mass is 233 g/mol. The summed E-state index contributed by atoms with van der Waals surface area (Å²) in [5.41, 5.74) is 3.98. The highest BCUT2D eigenvalue weighted by atomic mass is 14.7. The number of fused-ring (bicyclic) bond motifs is 1. The van der Waals surface area contributed by atoms with Gasteiger partial charge in [-0.2, -0.15) is 0 Å². The summed E-state index contributed by atoms with van der Waals surface area (Å²) >= 11 is 0. The van der Waals surface area contributed by atoms with E-state index >= 15 is 0 Å². The minimum Gasteiger partial charge on any atom is -0.256 e. The second kappa shape index (κ2) is 4.84. The molecule has 1 nitrogen and oxygen atoms in total. The fourth-order valence-electron chi connectivity index (χ4n) is 2.04. The molecule has 0 aliphatic heterocycles. The zero-order chi connectivity index (χ0) is 13.1. The summed E-state index contributed by atoms with van der Waals surface area (Å²) < 4.78 is 0. The normalized spacial score (nSPS) is 10.0. The third kappa shape index (κ3) is 1.80. The fraction of sp³-hybridized carbons (Fsp3) is 0. The summed E-state index contributed by atoms with van der Waals surface area (Å²) in [7, 11) is 0. The van der Waals surface area contributed by atoms with Crippen LogP contribution in [0.4, 0.5) is 0 Å². The van der Waals surface area contributed by atoms with E-state index in [1.807, 2.05) is 24.4 Å². The van der Waals surface area contributed by atoms with Crippen LogP contribution in [0, 0.1) is 0 Å². The molecule has 0 aliphatic carbocycles. The van der Waals surface area contributed by atoms with Crippen LogP contribution >= 0.6 is 0 Å². The average molecular weight is 233 g/mol. The Balaban J connectivity index is 2.97. The SMILES string of the molecule is C=Cc1cc2c(C=C)cnc(C=C)c2cc1C=C. The van der Waals surface area contributed by atoms with Gasteiger partial charge in [-0.3, -0.25) is 4.98 Å². The molecule has 0 saturated carbocycles. The molecule has 0 atom stereocenters. The molecule has 0 N–H and O–H groups in total. The summed E-state index contributed by atoms with van der Waals surface area (Å²) in [5.74, 6) is 0. The first kappa shape index (κ1) is 12.1. The molecule has 1 aromatic carbocycles. The third-order valence-electron chi connectivity index (χ3n) is 3.01. The molecule has 1 heterocycles. The Kier molecular flexibility index (Phi) is 3.24. The van der Waals surface area contributed by atoms with Crippen LogP contribution in [0.2, 0.25) is 0 Å². The molecule has 18 heavy (non-hydrogen) atoms. The Hall–Kier alpha value is -2.41. The van der Waals surface area contributed by atoms with E-state index in [4.69, 9.17) is 0 Å². The summed E-state index contributed by atoms with van der Waals surface area (Å²) in [5, 5.41) is 2.17. The predicted molar refractivity (Wildman–Crippen MR) is 82.1 cm³/mol. The molecule has 0 bridgehead atoms. The van der Waals surface area contributed by atoms with E-state index in [1.165, 1.54) is 0 Å². The Morgan fingerprint density at radius 2 is 1.28 bits per heavy atom. The van der Waals surface area contributed by atoms with Crippen LogP contribution in [0.1, 0.15) is 22.4 Å². The average Bonchev–Trinajstić information content (AvgIpc) is 2.44. The molecular formula is C17H15N. The van der Waals surface area contributed by atoms with Gasteiger partial charge in [-0.25, -0.2) is 0 Å². The van der Waals surface area contributed by atoms with Crippen LogP contribution in [0.25, 0.3) is 35.1 Å². The summed E-state index contributed by atoms with van der Waals surface area (Å²) in [4.78, 5) is 4.38. The number of nitrogens with zero attached hydrogens (tertiary/aromatic N) is 1. The van der Waals surface area contributed by atoms with Gasteiger partial charge in [0.1, 0.15) is 0 Å². The molecule has 1 heteroatoms. The van der Waals surface area contributed by atoms with Crippen molar-refractivity contribution >= 4 is 35.1 Å². The van der Waals surface area contributed by atoms with Crippen LogP contribution in [-0.2, 0) is 0 Å². The lowest BCUT2D eigenvalue weighted by Crippen LogP contribution is -1.90. The number of pyridine rings is 1. The number of benzene rings is 1. The molecule has 2 rings (SSSR count). The van der Waals surface area contributed by atoms with E-state index in [0.29, 0.717) is 0 Å². The summed E-state index contributed by atoms with van der Waals surface area (Å²) in [6.45, 7) is 15.3. The molecule has 88 valence electrons. The van der Waals surface area contributed by atoms with Gasteiger partial charge in [0.15, 0.2) is 0 Å². The maximum absolute atomic E-state index is 4.38. The van der Waals surface area contributed by atoms with E-state index in [9.17, 15) is 0 Å². The molecule has 2 aromatic rings. The zero-order valence-corrected chi connectivity index (χ0v) is 10.3. The number of hydrogen-bond acceptors (Lipinski definition) is 1. The smallest absolute Gasteiger partial charge is 0.0702 e. The second-order valence-electron chi connectivity index (χ2n) is 3.94. The molecule has 0 radical (unpaired) electrons. The van der Waals surface area contributed by atoms with Gasteiger partial charge >= 0.3 is 0 Å². The first-order chi connectivity index (χ1) is 8.74. The summed E-state index contributed by atoms with van der Waals surface area (Å²) in [6.07, 6.45) is 9.03. The van der Waals surface area contributed by atoms with Crippen molar-refractivity contribution in [2.24, 2.45) is 0 Å². The minimum absolute atomic E-state index is 0.870. The van der Waals surface area contributed by atoms with Crippen molar-refractivity contribution in [1.82, 2.24) is 4.98 Å². The molecule has 0 saturated heterocycles. The molecule has 1 aromatic heterocycles. The largest absolute Gasteiger partial charge is 0.256 e. The number of aromatic nitrogens is 1. The van der Waals surface area contributed by atoms with Crippen LogP contribution in [0.3, 0.4) is 0 Å². The second-order valence-corrected chi connectivity index (χ2v) is 3.94. The van der Waals surface area contributed by atoms with Crippen LogP contribution < -0.4 is 0 Å². The highest BCUT2D eigenvalue weighted by Gasteiger charge is 2.07. The van der Waals surface area contributed by atoms with Crippen LogP contribution in [0.5, 0.6) is 0 Å². The maximum atomic E-state index is 4.38.